The average molecular weight is 472 g/mol. The highest BCUT2D eigenvalue weighted by Gasteiger charge is 2.33. The van der Waals surface area contributed by atoms with Crippen LogP contribution in [0, 0.1) is 5.41 Å². The highest BCUT2D eigenvalue weighted by atomic mass is 127. The van der Waals surface area contributed by atoms with Crippen LogP contribution in [0.1, 0.15) is 32.3 Å². The number of aliphatic imine (C=N–C) groups is 1. The molecule has 2 aliphatic rings. The van der Waals surface area contributed by atoms with Crippen molar-refractivity contribution in [1.82, 2.24) is 15.5 Å². The number of ether oxygens (including phenoxy) is 1. The molecular weight excluding hydrogens is 439 g/mol. The Bertz CT molecular complexity index is 554. The van der Waals surface area contributed by atoms with Gasteiger partial charge in [-0.25, -0.2) is 0 Å². The number of hydrogen-bond acceptors (Lipinski definition) is 3. The van der Waals surface area contributed by atoms with Gasteiger partial charge in [0.05, 0.1) is 19.8 Å². The zero-order valence-corrected chi connectivity index (χ0v) is 18.4. The number of piperidine rings is 1. The average Bonchev–Trinajstić information content (AvgIpc) is 2.61. The van der Waals surface area contributed by atoms with Crippen LogP contribution >= 0.6 is 24.0 Å². The van der Waals surface area contributed by atoms with Crippen LogP contribution in [0.15, 0.2) is 35.3 Å². The van der Waals surface area contributed by atoms with E-state index in [4.69, 9.17) is 9.73 Å². The fourth-order valence-corrected chi connectivity index (χ4v) is 3.40. The maximum atomic E-state index is 5.33. The topological polar surface area (TPSA) is 48.9 Å². The van der Waals surface area contributed by atoms with E-state index in [-0.39, 0.29) is 29.4 Å². The van der Waals surface area contributed by atoms with Crippen molar-refractivity contribution in [2.75, 3.05) is 39.4 Å². The molecule has 0 amide bonds. The predicted molar refractivity (Wildman–Crippen MR) is 118 cm³/mol. The molecule has 2 N–H and O–H groups in total. The van der Waals surface area contributed by atoms with Crippen molar-refractivity contribution in [3.63, 3.8) is 0 Å². The maximum Gasteiger partial charge on any atom is 0.191 e. The summed E-state index contributed by atoms with van der Waals surface area (Å²) in [6.07, 6.45) is 2.33. The van der Waals surface area contributed by atoms with Crippen molar-refractivity contribution in [2.24, 2.45) is 10.4 Å². The Morgan fingerprint density at radius 3 is 2.50 bits per heavy atom. The molecule has 0 unspecified atom stereocenters. The van der Waals surface area contributed by atoms with Gasteiger partial charge in [0, 0.05) is 37.6 Å². The van der Waals surface area contributed by atoms with E-state index in [1.165, 1.54) is 5.56 Å². The zero-order chi connectivity index (χ0) is 17.5. The van der Waals surface area contributed by atoms with Crippen LogP contribution in [-0.4, -0.2) is 56.3 Å². The summed E-state index contributed by atoms with van der Waals surface area (Å²) in [5.41, 5.74) is 1.63. The summed E-state index contributed by atoms with van der Waals surface area (Å²) in [6, 6.07) is 11.3. The second-order valence-corrected chi connectivity index (χ2v) is 7.68. The maximum absolute atomic E-state index is 5.33. The molecule has 1 aromatic carbocycles. The van der Waals surface area contributed by atoms with Crippen LogP contribution in [0.3, 0.4) is 0 Å². The summed E-state index contributed by atoms with van der Waals surface area (Å²) >= 11 is 0. The molecule has 2 saturated heterocycles. The largest absolute Gasteiger partial charge is 0.380 e. The van der Waals surface area contributed by atoms with Gasteiger partial charge in [-0.1, -0.05) is 37.3 Å². The van der Waals surface area contributed by atoms with Crippen molar-refractivity contribution >= 4 is 29.9 Å². The van der Waals surface area contributed by atoms with Crippen LogP contribution in [0.5, 0.6) is 0 Å². The van der Waals surface area contributed by atoms with Gasteiger partial charge in [-0.3, -0.25) is 9.89 Å². The minimum Gasteiger partial charge on any atom is -0.380 e. The van der Waals surface area contributed by atoms with Crippen LogP contribution in [0.2, 0.25) is 0 Å². The third-order valence-electron chi connectivity index (χ3n) is 5.04. The van der Waals surface area contributed by atoms with Crippen LogP contribution in [0.4, 0.5) is 0 Å². The molecular formula is C20H33IN4O. The Hall–Kier alpha value is -0.860. The summed E-state index contributed by atoms with van der Waals surface area (Å²) in [5.74, 6) is 0.956. The van der Waals surface area contributed by atoms with E-state index in [0.717, 1.165) is 64.7 Å². The first-order valence-electron chi connectivity index (χ1n) is 9.56. The van der Waals surface area contributed by atoms with Gasteiger partial charge < -0.3 is 15.4 Å². The zero-order valence-electron chi connectivity index (χ0n) is 16.0. The summed E-state index contributed by atoms with van der Waals surface area (Å²) in [7, 11) is 0. The van der Waals surface area contributed by atoms with E-state index >= 15 is 0 Å². The Morgan fingerprint density at radius 2 is 1.92 bits per heavy atom. The lowest BCUT2D eigenvalue weighted by atomic mass is 9.89. The molecule has 0 atom stereocenters. The van der Waals surface area contributed by atoms with Crippen molar-refractivity contribution in [1.29, 1.82) is 0 Å². The summed E-state index contributed by atoms with van der Waals surface area (Å²) < 4.78 is 5.33. The monoisotopic (exact) mass is 472 g/mol. The molecule has 26 heavy (non-hydrogen) atoms. The fourth-order valence-electron chi connectivity index (χ4n) is 3.40. The van der Waals surface area contributed by atoms with Gasteiger partial charge in [0.2, 0.25) is 0 Å². The van der Waals surface area contributed by atoms with Crippen LogP contribution in [0.25, 0.3) is 0 Å². The molecule has 2 aliphatic heterocycles. The Labute approximate surface area is 175 Å². The van der Waals surface area contributed by atoms with Crippen molar-refractivity contribution in [2.45, 2.75) is 39.3 Å². The fraction of sp³-hybridized carbons (Fsp3) is 0.650. The van der Waals surface area contributed by atoms with Crippen LogP contribution in [-0.2, 0) is 11.3 Å². The van der Waals surface area contributed by atoms with Crippen molar-refractivity contribution < 1.29 is 4.74 Å². The Balaban J connectivity index is 0.00000243. The number of hydrogen-bond donors (Lipinski definition) is 2. The third-order valence-corrected chi connectivity index (χ3v) is 5.04. The highest BCUT2D eigenvalue weighted by molar-refractivity contribution is 14.0. The first-order chi connectivity index (χ1) is 12.2. The standard InChI is InChI=1S/C20H32N4O.HI/c1-3-21-19(22-14-20(2)15-25-16-20)23-18-9-11-24(12-10-18)13-17-7-5-4-6-8-17;/h4-8,18H,3,9-16H2,1-2H3,(H2,21,22,23);1H. The third kappa shape index (κ3) is 6.39. The number of nitrogens with zero attached hydrogens (tertiary/aromatic N) is 2. The second-order valence-electron chi connectivity index (χ2n) is 7.68. The van der Waals surface area contributed by atoms with E-state index < -0.39 is 0 Å². The minimum absolute atomic E-state index is 0. The first-order valence-corrected chi connectivity index (χ1v) is 9.56. The number of likely N-dealkylation sites (tertiary alicyclic amines) is 1. The van der Waals surface area contributed by atoms with Crippen molar-refractivity contribution in [3.8, 4) is 0 Å². The molecule has 3 rings (SSSR count). The minimum atomic E-state index is 0. The molecule has 6 heteroatoms. The molecule has 5 nitrogen and oxygen atoms in total. The van der Waals surface area contributed by atoms with Gasteiger partial charge in [0.1, 0.15) is 0 Å². The predicted octanol–water partition coefficient (Wildman–Crippen LogP) is 2.86. The summed E-state index contributed by atoms with van der Waals surface area (Å²) in [6.45, 7) is 11.1. The Kier molecular flexibility index (Phi) is 8.63. The number of rotatable bonds is 6. The molecule has 0 radical (unpaired) electrons. The molecule has 0 bridgehead atoms. The molecule has 0 spiro atoms. The smallest absolute Gasteiger partial charge is 0.191 e. The summed E-state index contributed by atoms with van der Waals surface area (Å²) in [4.78, 5) is 7.33. The second kappa shape index (κ2) is 10.5. The van der Waals surface area contributed by atoms with E-state index in [1.54, 1.807) is 0 Å². The molecule has 146 valence electrons. The molecule has 0 saturated carbocycles. The highest BCUT2D eigenvalue weighted by Crippen LogP contribution is 2.26. The SMILES string of the molecule is CCNC(=NCC1(C)COC1)NC1CCN(Cc2ccccc2)CC1.I. The normalized spacial score (nSPS) is 20.8. The lowest BCUT2D eigenvalue weighted by Gasteiger charge is -2.37. The van der Waals surface area contributed by atoms with E-state index in [9.17, 15) is 0 Å². The molecule has 1 aromatic rings. The van der Waals surface area contributed by atoms with Crippen molar-refractivity contribution in [3.05, 3.63) is 35.9 Å². The molecule has 0 aromatic heterocycles. The summed E-state index contributed by atoms with van der Waals surface area (Å²) in [5, 5.41) is 7.02. The molecule has 2 fully saturated rings. The molecule has 2 heterocycles. The number of nitrogens with one attached hydrogen (secondary N) is 2. The molecule has 0 aliphatic carbocycles. The Morgan fingerprint density at radius 1 is 1.23 bits per heavy atom. The lowest BCUT2D eigenvalue weighted by Crippen LogP contribution is -2.49. The number of benzene rings is 1. The number of halogens is 1. The van der Waals surface area contributed by atoms with E-state index in [1.807, 2.05) is 0 Å². The number of guanidine groups is 1. The van der Waals surface area contributed by atoms with Gasteiger partial charge in [0.15, 0.2) is 5.96 Å². The van der Waals surface area contributed by atoms with Gasteiger partial charge in [-0.2, -0.15) is 0 Å². The first kappa shape index (κ1) is 21.4. The van der Waals surface area contributed by atoms with Gasteiger partial charge in [-0.05, 0) is 25.3 Å². The van der Waals surface area contributed by atoms with Crippen LogP contribution < -0.4 is 10.6 Å². The van der Waals surface area contributed by atoms with E-state index in [0.29, 0.717) is 6.04 Å². The quantitative estimate of drug-likeness (QED) is 0.380. The lowest BCUT2D eigenvalue weighted by molar-refractivity contribution is -0.0945. The van der Waals surface area contributed by atoms with E-state index in [2.05, 4.69) is 59.7 Å². The van der Waals surface area contributed by atoms with Gasteiger partial charge in [0.25, 0.3) is 0 Å². The van der Waals surface area contributed by atoms with Gasteiger partial charge >= 0.3 is 0 Å². The van der Waals surface area contributed by atoms with Gasteiger partial charge in [-0.15, -0.1) is 24.0 Å².